The fourth-order valence-corrected chi connectivity index (χ4v) is 6.14. The number of imidazole rings is 1. The summed E-state index contributed by atoms with van der Waals surface area (Å²) in [5.74, 6) is -1.52. The fraction of sp³-hybridized carbons (Fsp3) is 0.350. The van der Waals surface area contributed by atoms with Gasteiger partial charge < -0.3 is 5.32 Å². The highest BCUT2D eigenvalue weighted by atomic mass is 32.2. The first-order valence-electron chi connectivity index (χ1n) is 10.0. The average Bonchev–Trinajstić information content (AvgIpc) is 3.40. The zero-order chi connectivity index (χ0) is 23.8. The predicted molar refractivity (Wildman–Crippen MR) is 116 cm³/mol. The van der Waals surface area contributed by atoms with Gasteiger partial charge in [-0.15, -0.1) is 0 Å². The number of nitrogens with zero attached hydrogens (tertiary/aromatic N) is 4. The lowest BCUT2D eigenvalue weighted by Crippen LogP contribution is -2.43. The minimum Gasteiger partial charge on any atom is -0.302 e. The number of hydrogen-bond acceptors (Lipinski definition) is 6. The van der Waals surface area contributed by atoms with Crippen LogP contribution < -0.4 is 5.32 Å². The number of thiazole rings is 1. The fourth-order valence-electron chi connectivity index (χ4n) is 3.64. The van der Waals surface area contributed by atoms with E-state index in [1.165, 1.54) is 22.6 Å². The van der Waals surface area contributed by atoms with E-state index in [0.717, 1.165) is 29.7 Å². The summed E-state index contributed by atoms with van der Waals surface area (Å²) >= 11 is 1.02. The minimum atomic E-state index is -3.87. The van der Waals surface area contributed by atoms with Crippen molar-refractivity contribution < 1.29 is 26.4 Å². The van der Waals surface area contributed by atoms with Gasteiger partial charge in [-0.3, -0.25) is 9.36 Å². The van der Waals surface area contributed by atoms with Gasteiger partial charge in [-0.1, -0.05) is 11.3 Å². The number of hydrogen-bond donors (Lipinski definition) is 1. The quantitative estimate of drug-likeness (QED) is 0.555. The molecule has 1 saturated heterocycles. The molecular weight excluding hydrogens is 479 g/mol. The average molecular weight is 500 g/mol. The van der Waals surface area contributed by atoms with Gasteiger partial charge in [-0.05, 0) is 44.0 Å². The molecule has 2 aromatic heterocycles. The van der Waals surface area contributed by atoms with Gasteiger partial charge in [0.25, 0.3) is 0 Å². The molecule has 13 heteroatoms. The molecule has 1 unspecified atom stereocenters. The number of rotatable bonds is 6. The highest BCUT2D eigenvalue weighted by Gasteiger charge is 2.34. The molecule has 3 heterocycles. The van der Waals surface area contributed by atoms with Crippen LogP contribution in [0.1, 0.15) is 25.1 Å². The molecule has 1 fully saturated rings. The van der Waals surface area contributed by atoms with Crippen LogP contribution in [0.25, 0.3) is 10.7 Å². The van der Waals surface area contributed by atoms with Crippen LogP contribution in [0.5, 0.6) is 0 Å². The highest BCUT2D eigenvalue weighted by Crippen LogP contribution is 2.34. The number of carbonyl (C=O) groups excluding carboxylic acids is 1. The number of aromatic nitrogens is 3. The van der Waals surface area contributed by atoms with Gasteiger partial charge in [0.2, 0.25) is 15.9 Å². The van der Waals surface area contributed by atoms with Gasteiger partial charge in [0, 0.05) is 25.5 Å². The van der Waals surface area contributed by atoms with Crippen molar-refractivity contribution in [3.63, 3.8) is 0 Å². The Balaban J connectivity index is 1.48. The number of nitrogens with one attached hydrogen (secondary N) is 1. The Bertz CT molecular complexity index is 1260. The largest absolute Gasteiger partial charge is 0.320 e. The molecule has 0 radical (unpaired) electrons. The lowest BCUT2D eigenvalue weighted by molar-refractivity contribution is -0.120. The number of carbonyl (C=O) groups is 1. The van der Waals surface area contributed by atoms with E-state index in [0.29, 0.717) is 28.0 Å². The van der Waals surface area contributed by atoms with Gasteiger partial charge in [0.05, 0.1) is 21.4 Å². The number of amides is 1. The summed E-state index contributed by atoms with van der Waals surface area (Å²) in [5.41, 5.74) is 0.438. The molecule has 176 valence electrons. The topological polar surface area (TPSA) is 97.2 Å². The molecule has 1 aliphatic heterocycles. The van der Waals surface area contributed by atoms with Crippen molar-refractivity contribution in [2.45, 2.75) is 31.2 Å². The van der Waals surface area contributed by atoms with Gasteiger partial charge >= 0.3 is 6.55 Å². The lowest BCUT2D eigenvalue weighted by atomic mass is 9.99. The maximum absolute atomic E-state index is 13.2. The summed E-state index contributed by atoms with van der Waals surface area (Å²) in [5, 5.41) is 2.89. The summed E-state index contributed by atoms with van der Waals surface area (Å²) in [6, 6.07) is 4.53. The van der Waals surface area contributed by atoms with Crippen molar-refractivity contribution in [3.8, 4) is 10.7 Å². The van der Waals surface area contributed by atoms with E-state index >= 15 is 0 Å². The van der Waals surface area contributed by atoms with Crippen LogP contribution in [0.3, 0.4) is 0 Å². The van der Waals surface area contributed by atoms with Crippen molar-refractivity contribution in [3.05, 3.63) is 48.2 Å². The lowest BCUT2D eigenvalue weighted by Gasteiger charge is -2.31. The maximum atomic E-state index is 13.2. The molecule has 4 rings (SSSR count). The van der Waals surface area contributed by atoms with E-state index in [-0.39, 0.29) is 28.9 Å². The second-order valence-electron chi connectivity index (χ2n) is 7.51. The summed E-state index contributed by atoms with van der Waals surface area (Å²) in [6.45, 7) is -0.916. The SMILES string of the molecule is Cc1nc(NC(=O)C2CCCN(S(=O)(=O)c3ccc(F)cc3)C2)sc1-c1nccn1C(F)F. The van der Waals surface area contributed by atoms with E-state index in [1.54, 1.807) is 6.92 Å². The number of sulfonamides is 1. The Hall–Kier alpha value is -2.77. The minimum absolute atomic E-state index is 0.0292. The van der Waals surface area contributed by atoms with E-state index in [2.05, 4.69) is 15.3 Å². The van der Waals surface area contributed by atoms with Crippen LogP contribution in [0.15, 0.2) is 41.6 Å². The van der Waals surface area contributed by atoms with E-state index in [4.69, 9.17) is 0 Å². The normalized spacial score (nSPS) is 17.4. The summed E-state index contributed by atoms with van der Waals surface area (Å²) in [4.78, 5) is 21.4. The van der Waals surface area contributed by atoms with Gasteiger partial charge in [-0.2, -0.15) is 13.1 Å². The first-order valence-corrected chi connectivity index (χ1v) is 12.3. The third-order valence-electron chi connectivity index (χ3n) is 5.32. The second kappa shape index (κ2) is 9.23. The van der Waals surface area contributed by atoms with Crippen molar-refractivity contribution >= 4 is 32.4 Å². The van der Waals surface area contributed by atoms with E-state index in [9.17, 15) is 26.4 Å². The predicted octanol–water partition coefficient (Wildman–Crippen LogP) is 3.89. The Morgan fingerprint density at radius 2 is 2.00 bits per heavy atom. The summed E-state index contributed by atoms with van der Waals surface area (Å²) < 4.78 is 67.2. The Morgan fingerprint density at radius 1 is 1.27 bits per heavy atom. The van der Waals surface area contributed by atoms with Gasteiger partial charge in [0.15, 0.2) is 11.0 Å². The smallest absolute Gasteiger partial charge is 0.302 e. The molecule has 0 bridgehead atoms. The number of halogens is 3. The first-order chi connectivity index (χ1) is 15.7. The zero-order valence-corrected chi connectivity index (χ0v) is 19.0. The van der Waals surface area contributed by atoms with Crippen LogP contribution in [0.2, 0.25) is 0 Å². The molecule has 0 spiro atoms. The van der Waals surface area contributed by atoms with Gasteiger partial charge in [0.1, 0.15) is 5.82 Å². The van der Waals surface area contributed by atoms with Crippen molar-refractivity contribution in [2.24, 2.45) is 5.92 Å². The number of anilines is 1. The third kappa shape index (κ3) is 4.80. The van der Waals surface area contributed by atoms with Crippen LogP contribution >= 0.6 is 11.3 Å². The molecule has 3 aromatic rings. The molecule has 1 N–H and O–H groups in total. The zero-order valence-electron chi connectivity index (χ0n) is 17.4. The Kier molecular flexibility index (Phi) is 6.54. The summed E-state index contributed by atoms with van der Waals surface area (Å²) in [7, 11) is -3.87. The molecular formula is C20H20F3N5O3S2. The molecule has 1 aliphatic rings. The van der Waals surface area contributed by atoms with Crippen LogP contribution in [-0.4, -0.2) is 46.3 Å². The molecule has 1 amide bonds. The molecule has 0 saturated carbocycles. The number of benzene rings is 1. The van der Waals surface area contributed by atoms with Crippen LogP contribution in [-0.2, 0) is 14.8 Å². The first kappa shape index (κ1) is 23.4. The Morgan fingerprint density at radius 3 is 2.70 bits per heavy atom. The third-order valence-corrected chi connectivity index (χ3v) is 8.26. The van der Waals surface area contributed by atoms with E-state index < -0.39 is 34.2 Å². The standard InChI is InChI=1S/C20H20F3N5O3S2/c1-12-16(17-24-8-10-28(17)19(22)23)32-20(25-12)26-18(29)13-3-2-9-27(11-13)33(30,31)15-6-4-14(21)5-7-15/h4-8,10,13,19H,2-3,9,11H2,1H3,(H,25,26,29). The number of piperidine rings is 1. The number of aryl methyl sites for hydroxylation is 1. The molecule has 1 aromatic carbocycles. The van der Waals surface area contributed by atoms with Gasteiger partial charge in [-0.25, -0.2) is 22.8 Å². The Labute approximate surface area is 192 Å². The maximum Gasteiger partial charge on any atom is 0.320 e. The monoisotopic (exact) mass is 499 g/mol. The molecule has 33 heavy (non-hydrogen) atoms. The number of alkyl halides is 2. The molecule has 0 aliphatic carbocycles. The van der Waals surface area contributed by atoms with Crippen LogP contribution in [0, 0.1) is 18.7 Å². The van der Waals surface area contributed by atoms with Crippen molar-refractivity contribution in [2.75, 3.05) is 18.4 Å². The van der Waals surface area contributed by atoms with Crippen molar-refractivity contribution in [1.29, 1.82) is 0 Å². The second-order valence-corrected chi connectivity index (χ2v) is 10.5. The molecule has 1 atom stereocenters. The van der Waals surface area contributed by atoms with Crippen LogP contribution in [0.4, 0.5) is 18.3 Å². The van der Waals surface area contributed by atoms with E-state index in [1.807, 2.05) is 0 Å². The molecule has 8 nitrogen and oxygen atoms in total. The van der Waals surface area contributed by atoms with Crippen molar-refractivity contribution in [1.82, 2.24) is 18.8 Å². The highest BCUT2D eigenvalue weighted by molar-refractivity contribution is 7.89. The summed E-state index contributed by atoms with van der Waals surface area (Å²) in [6.07, 6.45) is 3.38.